The van der Waals surface area contributed by atoms with E-state index in [1.807, 2.05) is 13.8 Å². The third-order valence-corrected chi connectivity index (χ3v) is 5.57. The van der Waals surface area contributed by atoms with Crippen molar-refractivity contribution in [3.8, 4) is 22.9 Å². The van der Waals surface area contributed by atoms with Gasteiger partial charge in [0.1, 0.15) is 17.5 Å². The highest BCUT2D eigenvalue weighted by Crippen LogP contribution is 2.31. The minimum absolute atomic E-state index is 0.105. The van der Waals surface area contributed by atoms with E-state index in [9.17, 15) is 9.59 Å². The molecule has 9 nitrogen and oxygen atoms in total. The minimum Gasteiger partial charge on any atom is -0.497 e. The quantitative estimate of drug-likeness (QED) is 0.421. The van der Waals surface area contributed by atoms with Crippen LogP contribution < -0.4 is 14.8 Å². The van der Waals surface area contributed by atoms with Crippen molar-refractivity contribution in [2.24, 2.45) is 5.92 Å². The molecule has 2 atom stereocenters. The lowest BCUT2D eigenvalue weighted by molar-refractivity contribution is -0.149. The van der Waals surface area contributed by atoms with Gasteiger partial charge in [-0.3, -0.25) is 4.79 Å². The van der Waals surface area contributed by atoms with E-state index in [2.05, 4.69) is 15.5 Å². The Morgan fingerprint density at radius 1 is 1.12 bits per heavy atom. The zero-order valence-electron chi connectivity index (χ0n) is 19.3. The van der Waals surface area contributed by atoms with Gasteiger partial charge in [-0.05, 0) is 42.3 Å². The largest absolute Gasteiger partial charge is 0.497 e. The van der Waals surface area contributed by atoms with Gasteiger partial charge in [-0.25, -0.2) is 4.79 Å². The van der Waals surface area contributed by atoms with Crippen LogP contribution in [0.4, 0.5) is 0 Å². The first kappa shape index (κ1) is 25.0. The summed E-state index contributed by atoms with van der Waals surface area (Å²) in [5.74, 6) is 0.350. The van der Waals surface area contributed by atoms with E-state index in [0.717, 1.165) is 0 Å². The van der Waals surface area contributed by atoms with Gasteiger partial charge in [-0.1, -0.05) is 37.0 Å². The summed E-state index contributed by atoms with van der Waals surface area (Å²) in [6.45, 7) is 3.54. The molecule has 1 heterocycles. The second kappa shape index (κ2) is 11.5. The Hall–Kier alpha value is -3.59. The maximum Gasteiger partial charge on any atom is 0.329 e. The molecule has 0 spiro atoms. The summed E-state index contributed by atoms with van der Waals surface area (Å²) in [6.07, 6.45) is 0.655. The molecular weight excluding hydrogens is 462 g/mol. The summed E-state index contributed by atoms with van der Waals surface area (Å²) in [7, 11) is 3.08. The fourth-order valence-electron chi connectivity index (χ4n) is 3.12. The summed E-state index contributed by atoms with van der Waals surface area (Å²) in [6, 6.07) is 10.7. The Balaban J connectivity index is 1.67. The second-order valence-electron chi connectivity index (χ2n) is 7.53. The van der Waals surface area contributed by atoms with Gasteiger partial charge < -0.3 is 24.1 Å². The molecule has 0 aliphatic rings. The van der Waals surface area contributed by atoms with Crippen LogP contribution in [0.15, 0.2) is 47.0 Å². The van der Waals surface area contributed by atoms with Crippen molar-refractivity contribution in [3.05, 3.63) is 58.9 Å². The first-order valence-corrected chi connectivity index (χ1v) is 11.0. The Labute approximate surface area is 202 Å². The number of benzene rings is 2. The van der Waals surface area contributed by atoms with Crippen LogP contribution in [0.1, 0.15) is 36.5 Å². The van der Waals surface area contributed by atoms with Gasteiger partial charge in [0.15, 0.2) is 6.61 Å². The van der Waals surface area contributed by atoms with Crippen molar-refractivity contribution in [1.82, 2.24) is 15.5 Å². The predicted octanol–water partition coefficient (Wildman–Crippen LogP) is 4.30. The fraction of sp³-hybridized carbons (Fsp3) is 0.333. The molecule has 0 saturated carbocycles. The third-order valence-electron chi connectivity index (χ3n) is 5.32. The maximum atomic E-state index is 12.8. The molecule has 0 radical (unpaired) electrons. The molecule has 180 valence electrons. The maximum absolute atomic E-state index is 12.8. The van der Waals surface area contributed by atoms with Gasteiger partial charge in [0.25, 0.3) is 11.8 Å². The van der Waals surface area contributed by atoms with E-state index in [1.165, 1.54) is 7.11 Å². The molecule has 0 unspecified atom stereocenters. The number of halogens is 1. The van der Waals surface area contributed by atoms with Crippen molar-refractivity contribution in [3.63, 3.8) is 0 Å². The number of methoxy groups -OCH3 is 2. The van der Waals surface area contributed by atoms with Gasteiger partial charge in [-0.15, -0.1) is 0 Å². The molecule has 0 bridgehead atoms. The molecule has 2 aromatic carbocycles. The van der Waals surface area contributed by atoms with Crippen LogP contribution in [0, 0.1) is 5.92 Å². The summed E-state index contributed by atoms with van der Waals surface area (Å²) < 4.78 is 21.2. The van der Waals surface area contributed by atoms with E-state index in [0.29, 0.717) is 34.1 Å². The highest BCUT2D eigenvalue weighted by molar-refractivity contribution is 6.30. The number of aromatic nitrogens is 2. The smallest absolute Gasteiger partial charge is 0.329 e. The van der Waals surface area contributed by atoms with Gasteiger partial charge in [-0.2, -0.15) is 4.98 Å². The number of hydrogen-bond donors (Lipinski definition) is 1. The Bertz CT molecular complexity index is 1130. The van der Waals surface area contributed by atoms with Crippen molar-refractivity contribution in [2.75, 3.05) is 14.2 Å². The molecule has 3 rings (SSSR count). The summed E-state index contributed by atoms with van der Waals surface area (Å²) >= 11 is 5.88. The lowest BCUT2D eigenvalue weighted by Crippen LogP contribution is -2.46. The fourth-order valence-corrected chi connectivity index (χ4v) is 3.25. The summed E-state index contributed by atoms with van der Waals surface area (Å²) in [5.41, 5.74) is 0.984. The number of rotatable bonds is 10. The van der Waals surface area contributed by atoms with Crippen molar-refractivity contribution < 1.29 is 28.3 Å². The first-order valence-electron chi connectivity index (χ1n) is 10.6. The number of carbonyl (C=O) groups excluding carboxylic acids is 2. The number of carbonyl (C=O) groups is 2. The molecule has 1 aromatic heterocycles. The van der Waals surface area contributed by atoms with E-state index in [1.54, 1.807) is 49.6 Å². The molecule has 0 aliphatic carbocycles. The SMILES string of the molecule is CC[C@H](C)[C@H](NC(=O)c1ccc(Cl)cc1)C(=O)OCc1nc(-c2ccc(OC)cc2OC)no1. The molecule has 1 amide bonds. The van der Waals surface area contributed by atoms with E-state index in [-0.39, 0.29) is 24.2 Å². The topological polar surface area (TPSA) is 113 Å². The van der Waals surface area contributed by atoms with Gasteiger partial charge >= 0.3 is 5.97 Å². The van der Waals surface area contributed by atoms with Crippen LogP contribution in [0.25, 0.3) is 11.4 Å². The average molecular weight is 488 g/mol. The molecular formula is C24H26ClN3O6. The zero-order valence-corrected chi connectivity index (χ0v) is 20.1. The number of nitrogens with one attached hydrogen (secondary N) is 1. The lowest BCUT2D eigenvalue weighted by atomic mass is 9.99. The molecule has 3 aromatic rings. The number of nitrogens with zero attached hydrogens (tertiary/aromatic N) is 2. The number of hydrogen-bond acceptors (Lipinski definition) is 8. The van der Waals surface area contributed by atoms with Crippen LogP contribution in [-0.4, -0.2) is 42.3 Å². The normalized spacial score (nSPS) is 12.5. The average Bonchev–Trinajstić information content (AvgIpc) is 3.34. The molecule has 10 heteroatoms. The highest BCUT2D eigenvalue weighted by Gasteiger charge is 2.28. The molecule has 34 heavy (non-hydrogen) atoms. The summed E-state index contributed by atoms with van der Waals surface area (Å²) in [4.78, 5) is 29.7. The van der Waals surface area contributed by atoms with Crippen LogP contribution in [-0.2, 0) is 16.1 Å². The van der Waals surface area contributed by atoms with E-state index in [4.69, 9.17) is 30.3 Å². The van der Waals surface area contributed by atoms with Gasteiger partial charge in [0, 0.05) is 16.7 Å². The molecule has 1 N–H and O–H groups in total. The monoisotopic (exact) mass is 487 g/mol. The predicted molar refractivity (Wildman–Crippen MR) is 125 cm³/mol. The first-order chi connectivity index (χ1) is 16.4. The van der Waals surface area contributed by atoms with Crippen LogP contribution >= 0.6 is 11.6 Å². The Morgan fingerprint density at radius 3 is 2.50 bits per heavy atom. The standard InChI is InChI=1S/C24H26ClN3O6/c1-5-14(2)21(27-23(29)15-6-8-16(25)9-7-15)24(30)33-13-20-26-22(28-34-20)18-11-10-17(31-3)12-19(18)32-4/h6-12,14,21H,5,13H2,1-4H3,(H,27,29)/t14-,21-/m0/s1. The van der Waals surface area contributed by atoms with Crippen molar-refractivity contribution >= 4 is 23.5 Å². The molecule has 0 saturated heterocycles. The second-order valence-corrected chi connectivity index (χ2v) is 7.97. The zero-order chi connectivity index (χ0) is 24.7. The van der Waals surface area contributed by atoms with Gasteiger partial charge in [0.2, 0.25) is 5.82 Å². The van der Waals surface area contributed by atoms with Crippen LogP contribution in [0.3, 0.4) is 0 Å². The molecule has 0 fully saturated rings. The van der Waals surface area contributed by atoms with Crippen LogP contribution in [0.2, 0.25) is 5.02 Å². The van der Waals surface area contributed by atoms with E-state index >= 15 is 0 Å². The highest BCUT2D eigenvalue weighted by atomic mass is 35.5. The number of ether oxygens (including phenoxy) is 3. The van der Waals surface area contributed by atoms with Crippen molar-refractivity contribution in [2.45, 2.75) is 32.9 Å². The number of esters is 1. The minimum atomic E-state index is -0.850. The Morgan fingerprint density at radius 2 is 1.85 bits per heavy atom. The van der Waals surface area contributed by atoms with Gasteiger partial charge in [0.05, 0.1) is 19.8 Å². The van der Waals surface area contributed by atoms with E-state index < -0.39 is 17.9 Å². The third kappa shape index (κ3) is 6.05. The molecule has 0 aliphatic heterocycles. The Kier molecular flexibility index (Phi) is 8.48. The van der Waals surface area contributed by atoms with Crippen molar-refractivity contribution in [1.29, 1.82) is 0 Å². The lowest BCUT2D eigenvalue weighted by Gasteiger charge is -2.22. The number of amides is 1. The summed E-state index contributed by atoms with van der Waals surface area (Å²) in [5, 5.41) is 7.20. The van der Waals surface area contributed by atoms with Crippen LogP contribution in [0.5, 0.6) is 11.5 Å².